The Labute approximate surface area is 108 Å². The number of rotatable bonds is 4. The average Bonchev–Trinajstić information content (AvgIpc) is 2.36. The molecule has 0 saturated heterocycles. The highest BCUT2D eigenvalue weighted by Gasteiger charge is 2.23. The van der Waals surface area contributed by atoms with Crippen molar-refractivity contribution in [2.45, 2.75) is 25.8 Å². The molecule has 1 aromatic carbocycles. The van der Waals surface area contributed by atoms with Crippen LogP contribution in [0.4, 0.5) is 0 Å². The molecule has 0 saturated carbocycles. The molecule has 2 unspecified atom stereocenters. The molecule has 4 heteroatoms. The number of carbonyl (C=O) groups excluding carboxylic acids is 1. The van der Waals surface area contributed by atoms with Gasteiger partial charge >= 0.3 is 0 Å². The lowest BCUT2D eigenvalue weighted by Crippen LogP contribution is -2.44. The van der Waals surface area contributed by atoms with E-state index in [9.17, 15) is 4.79 Å². The van der Waals surface area contributed by atoms with Crippen molar-refractivity contribution in [3.63, 3.8) is 0 Å². The second-order valence-corrected chi connectivity index (χ2v) is 4.63. The number of carbonyl (C=O) groups is 1. The number of benzene rings is 1. The van der Waals surface area contributed by atoms with E-state index in [1.165, 1.54) is 0 Å². The Morgan fingerprint density at radius 3 is 2.29 bits per heavy atom. The molecular weight excluding hydrogens is 232 g/mol. The SMILES string of the molecule is CC(C(=O)N(C)C(C)C(N)=S)c1ccccc1. The van der Waals surface area contributed by atoms with Gasteiger partial charge in [-0.2, -0.15) is 0 Å². The van der Waals surface area contributed by atoms with Gasteiger partial charge in [-0.1, -0.05) is 42.5 Å². The Morgan fingerprint density at radius 2 is 1.82 bits per heavy atom. The molecule has 1 rings (SSSR count). The molecule has 0 aliphatic heterocycles. The third kappa shape index (κ3) is 3.27. The van der Waals surface area contributed by atoms with E-state index in [2.05, 4.69) is 0 Å². The molecule has 0 spiro atoms. The van der Waals surface area contributed by atoms with Gasteiger partial charge in [-0.3, -0.25) is 4.79 Å². The topological polar surface area (TPSA) is 46.3 Å². The van der Waals surface area contributed by atoms with Crippen molar-refractivity contribution in [2.24, 2.45) is 5.73 Å². The van der Waals surface area contributed by atoms with Crippen molar-refractivity contribution in [1.29, 1.82) is 0 Å². The summed E-state index contributed by atoms with van der Waals surface area (Å²) in [4.78, 5) is 14.1. The van der Waals surface area contributed by atoms with Gasteiger partial charge in [0.2, 0.25) is 5.91 Å². The molecule has 0 fully saturated rings. The zero-order valence-corrected chi connectivity index (χ0v) is 11.2. The summed E-state index contributed by atoms with van der Waals surface area (Å²) in [5, 5.41) is 0. The first-order chi connectivity index (χ1) is 7.95. The maximum atomic E-state index is 12.2. The quantitative estimate of drug-likeness (QED) is 0.831. The fraction of sp³-hybridized carbons (Fsp3) is 0.385. The van der Waals surface area contributed by atoms with E-state index in [1.807, 2.05) is 44.2 Å². The molecule has 0 aliphatic carbocycles. The second-order valence-electron chi connectivity index (χ2n) is 4.16. The van der Waals surface area contributed by atoms with E-state index in [0.717, 1.165) is 5.56 Å². The van der Waals surface area contributed by atoms with E-state index in [4.69, 9.17) is 18.0 Å². The maximum absolute atomic E-state index is 12.2. The zero-order chi connectivity index (χ0) is 13.0. The molecule has 1 aromatic rings. The smallest absolute Gasteiger partial charge is 0.230 e. The summed E-state index contributed by atoms with van der Waals surface area (Å²) in [6, 6.07) is 9.46. The Balaban J connectivity index is 2.80. The average molecular weight is 250 g/mol. The van der Waals surface area contributed by atoms with E-state index < -0.39 is 0 Å². The predicted octanol–water partition coefficient (Wildman–Crippen LogP) is 1.92. The molecule has 1 amide bonds. The van der Waals surface area contributed by atoms with E-state index in [-0.39, 0.29) is 17.9 Å². The van der Waals surface area contributed by atoms with Gasteiger partial charge in [0.1, 0.15) is 0 Å². The highest BCUT2D eigenvalue weighted by atomic mass is 32.1. The standard InChI is InChI=1S/C13H18N2OS/c1-9(11-7-5-4-6-8-11)13(16)15(3)10(2)12(14)17/h4-10H,1-3H3,(H2,14,17). The zero-order valence-electron chi connectivity index (χ0n) is 10.4. The van der Waals surface area contributed by atoms with Crippen LogP contribution in [-0.2, 0) is 4.79 Å². The largest absolute Gasteiger partial charge is 0.392 e. The van der Waals surface area contributed by atoms with Crippen LogP contribution in [0.5, 0.6) is 0 Å². The summed E-state index contributed by atoms with van der Waals surface area (Å²) in [5.74, 6) is -0.158. The number of hydrogen-bond donors (Lipinski definition) is 1. The van der Waals surface area contributed by atoms with Gasteiger partial charge in [0.05, 0.1) is 16.9 Å². The fourth-order valence-electron chi connectivity index (χ4n) is 1.57. The molecule has 2 N–H and O–H groups in total. The van der Waals surface area contributed by atoms with Crippen LogP contribution in [0.25, 0.3) is 0 Å². The summed E-state index contributed by atoms with van der Waals surface area (Å²) in [6.07, 6.45) is 0. The lowest BCUT2D eigenvalue weighted by atomic mass is 9.99. The van der Waals surface area contributed by atoms with E-state index in [1.54, 1.807) is 11.9 Å². The summed E-state index contributed by atoms with van der Waals surface area (Å²) >= 11 is 4.90. The molecule has 0 aliphatic rings. The minimum atomic E-state index is -0.219. The maximum Gasteiger partial charge on any atom is 0.230 e. The summed E-state index contributed by atoms with van der Waals surface area (Å²) in [6.45, 7) is 3.72. The first-order valence-electron chi connectivity index (χ1n) is 5.56. The lowest BCUT2D eigenvalue weighted by molar-refractivity contribution is -0.131. The van der Waals surface area contributed by atoms with Gasteiger partial charge in [0.25, 0.3) is 0 Å². The summed E-state index contributed by atoms with van der Waals surface area (Å²) < 4.78 is 0. The molecule has 0 radical (unpaired) electrons. The van der Waals surface area contributed by atoms with Crippen molar-refractivity contribution in [3.8, 4) is 0 Å². The molecule has 17 heavy (non-hydrogen) atoms. The van der Waals surface area contributed by atoms with Gasteiger partial charge in [-0.05, 0) is 19.4 Å². The Bertz CT molecular complexity index is 405. The van der Waals surface area contributed by atoms with Crippen LogP contribution in [0.1, 0.15) is 25.3 Å². The van der Waals surface area contributed by atoms with Gasteiger partial charge in [-0.15, -0.1) is 0 Å². The van der Waals surface area contributed by atoms with Crippen molar-refractivity contribution < 1.29 is 4.79 Å². The van der Waals surface area contributed by atoms with Crippen LogP contribution in [0.3, 0.4) is 0 Å². The molecule has 92 valence electrons. The van der Waals surface area contributed by atoms with Crippen LogP contribution in [0.15, 0.2) is 30.3 Å². The second kappa shape index (κ2) is 5.77. The first kappa shape index (κ1) is 13.6. The predicted molar refractivity (Wildman–Crippen MR) is 73.9 cm³/mol. The Morgan fingerprint density at radius 1 is 1.29 bits per heavy atom. The number of nitrogens with two attached hydrogens (primary N) is 1. The monoisotopic (exact) mass is 250 g/mol. The first-order valence-corrected chi connectivity index (χ1v) is 5.97. The van der Waals surface area contributed by atoms with Crippen molar-refractivity contribution >= 4 is 23.1 Å². The molecular formula is C13H18N2OS. The van der Waals surface area contributed by atoms with Crippen LogP contribution in [0, 0.1) is 0 Å². The van der Waals surface area contributed by atoms with Gasteiger partial charge in [0, 0.05) is 7.05 Å². The molecule has 0 aromatic heterocycles. The molecule has 0 bridgehead atoms. The van der Waals surface area contributed by atoms with Crippen LogP contribution in [-0.4, -0.2) is 28.9 Å². The highest BCUT2D eigenvalue weighted by molar-refractivity contribution is 7.80. The molecule has 3 nitrogen and oxygen atoms in total. The molecule has 2 atom stereocenters. The van der Waals surface area contributed by atoms with Crippen LogP contribution < -0.4 is 5.73 Å². The van der Waals surface area contributed by atoms with Gasteiger partial charge in [-0.25, -0.2) is 0 Å². The van der Waals surface area contributed by atoms with E-state index >= 15 is 0 Å². The van der Waals surface area contributed by atoms with Gasteiger partial charge < -0.3 is 10.6 Å². The third-order valence-electron chi connectivity index (χ3n) is 3.01. The number of amides is 1. The van der Waals surface area contributed by atoms with Crippen LogP contribution >= 0.6 is 12.2 Å². The van der Waals surface area contributed by atoms with Gasteiger partial charge in [0.15, 0.2) is 0 Å². The number of hydrogen-bond acceptors (Lipinski definition) is 2. The summed E-state index contributed by atoms with van der Waals surface area (Å²) in [7, 11) is 1.73. The summed E-state index contributed by atoms with van der Waals surface area (Å²) in [5.41, 5.74) is 6.55. The van der Waals surface area contributed by atoms with Crippen molar-refractivity contribution in [2.75, 3.05) is 7.05 Å². The number of nitrogens with zero attached hydrogens (tertiary/aromatic N) is 1. The van der Waals surface area contributed by atoms with Crippen molar-refractivity contribution in [1.82, 2.24) is 4.90 Å². The lowest BCUT2D eigenvalue weighted by Gasteiger charge is -2.27. The van der Waals surface area contributed by atoms with E-state index in [0.29, 0.717) is 4.99 Å². The normalized spacial score (nSPS) is 13.8. The Hall–Kier alpha value is -1.42. The number of likely N-dealkylation sites (N-methyl/N-ethyl adjacent to an activating group) is 1. The minimum absolute atomic E-state index is 0.0245. The van der Waals surface area contributed by atoms with Crippen LogP contribution in [0.2, 0.25) is 0 Å². The Kier molecular flexibility index (Phi) is 4.63. The number of thiocarbonyl (C=S) groups is 1. The third-order valence-corrected chi connectivity index (χ3v) is 3.35. The van der Waals surface area contributed by atoms with Crippen molar-refractivity contribution in [3.05, 3.63) is 35.9 Å². The minimum Gasteiger partial charge on any atom is -0.392 e. The fourth-order valence-corrected chi connectivity index (χ4v) is 1.73. The highest BCUT2D eigenvalue weighted by Crippen LogP contribution is 2.18. The molecule has 0 heterocycles.